The number of sulfone groups is 1. The molecule has 214 valence electrons. The summed E-state index contributed by atoms with van der Waals surface area (Å²) in [6.07, 6.45) is 0.142. The number of aromatic nitrogens is 3. The first-order valence-corrected chi connectivity index (χ1v) is 15.0. The van der Waals surface area contributed by atoms with Crippen LogP contribution >= 0.6 is 0 Å². The summed E-state index contributed by atoms with van der Waals surface area (Å²) in [5, 5.41) is 6.76. The number of piperazine rings is 1. The Bertz CT molecular complexity index is 1700. The molecule has 0 radical (unpaired) electrons. The van der Waals surface area contributed by atoms with Crippen LogP contribution in [0.4, 0.5) is 14.6 Å². The van der Waals surface area contributed by atoms with Gasteiger partial charge in [0.05, 0.1) is 34.0 Å². The molecule has 1 fully saturated rings. The van der Waals surface area contributed by atoms with Gasteiger partial charge in [-0.25, -0.2) is 27.2 Å². The van der Waals surface area contributed by atoms with Gasteiger partial charge in [0.2, 0.25) is 6.43 Å². The van der Waals surface area contributed by atoms with E-state index in [4.69, 9.17) is 9.97 Å². The van der Waals surface area contributed by atoms with Crippen molar-refractivity contribution in [2.45, 2.75) is 37.3 Å². The van der Waals surface area contributed by atoms with Crippen LogP contribution in [0.15, 0.2) is 65.7 Å². The van der Waals surface area contributed by atoms with Crippen molar-refractivity contribution in [2.75, 3.05) is 30.8 Å². The number of amides is 1. The number of hydrogen-bond acceptors (Lipinski definition) is 8. The van der Waals surface area contributed by atoms with Crippen LogP contribution in [-0.2, 0) is 16.4 Å². The summed E-state index contributed by atoms with van der Waals surface area (Å²) in [5.41, 5.74) is 3.27. The molecule has 0 aliphatic carbocycles. The molecule has 1 saturated heterocycles. The zero-order chi connectivity index (χ0) is 29.1. The second-order valence-electron chi connectivity index (χ2n) is 10.1. The second-order valence-corrected chi connectivity index (χ2v) is 12.0. The summed E-state index contributed by atoms with van der Waals surface area (Å²) in [4.78, 5) is 28.7. The Morgan fingerprint density at radius 1 is 1.12 bits per heavy atom. The van der Waals surface area contributed by atoms with Crippen molar-refractivity contribution in [3.05, 3.63) is 77.6 Å². The van der Waals surface area contributed by atoms with E-state index in [-0.39, 0.29) is 29.5 Å². The van der Waals surface area contributed by atoms with Crippen LogP contribution < -0.4 is 15.5 Å². The molecule has 1 amide bonds. The number of rotatable bonds is 8. The number of pyridine rings is 3. The van der Waals surface area contributed by atoms with Gasteiger partial charge < -0.3 is 15.5 Å². The molecule has 2 N–H and O–H groups in total. The Kier molecular flexibility index (Phi) is 8.22. The number of fused-ring (bicyclic) bond motifs is 1. The Hall–Kier alpha value is -4.03. The highest BCUT2D eigenvalue weighted by Gasteiger charge is 2.26. The molecule has 0 bridgehead atoms. The number of halogens is 2. The number of benzene rings is 1. The first-order valence-electron chi connectivity index (χ1n) is 13.2. The van der Waals surface area contributed by atoms with Gasteiger partial charge in [-0.15, -0.1) is 0 Å². The Balaban J connectivity index is 1.34. The smallest absolute Gasteiger partial charge is 0.251 e. The summed E-state index contributed by atoms with van der Waals surface area (Å²) < 4.78 is 50.4. The number of alkyl halides is 2. The highest BCUT2D eigenvalue weighted by atomic mass is 32.2. The summed E-state index contributed by atoms with van der Waals surface area (Å²) in [5.74, 6) is 0.211. The van der Waals surface area contributed by atoms with Gasteiger partial charge in [-0.3, -0.25) is 9.78 Å². The number of aryl methyl sites for hydroxylation is 1. The minimum atomic E-state index is -3.47. The fraction of sp³-hybridized carbons (Fsp3) is 0.310. The molecular weight excluding hydrogens is 550 g/mol. The van der Waals surface area contributed by atoms with Crippen LogP contribution in [0.3, 0.4) is 0 Å². The van der Waals surface area contributed by atoms with Crippen LogP contribution in [0.25, 0.3) is 22.3 Å². The van der Waals surface area contributed by atoms with E-state index in [1.54, 1.807) is 31.3 Å². The van der Waals surface area contributed by atoms with Gasteiger partial charge in [0.25, 0.3) is 5.91 Å². The van der Waals surface area contributed by atoms with Crippen LogP contribution in [0, 0.1) is 6.92 Å². The number of nitrogens with zero attached hydrogens (tertiary/aromatic N) is 4. The van der Waals surface area contributed by atoms with Gasteiger partial charge in [0.1, 0.15) is 5.82 Å². The summed E-state index contributed by atoms with van der Waals surface area (Å²) in [6.45, 7) is 3.54. The lowest BCUT2D eigenvalue weighted by Crippen LogP contribution is -2.52. The largest absolute Gasteiger partial charge is 0.351 e. The summed E-state index contributed by atoms with van der Waals surface area (Å²) in [6, 6.07) is 15.2. The highest BCUT2D eigenvalue weighted by Crippen LogP contribution is 2.25. The second kappa shape index (κ2) is 11.8. The Morgan fingerprint density at radius 3 is 2.71 bits per heavy atom. The lowest BCUT2D eigenvalue weighted by molar-refractivity contribution is 0.0950. The maximum Gasteiger partial charge on any atom is 0.251 e. The van der Waals surface area contributed by atoms with Crippen LogP contribution in [-0.4, -0.2) is 67.6 Å². The zero-order valence-electron chi connectivity index (χ0n) is 22.6. The standard InChI is InChI=1S/C29H30F2N6O3S/c1-18-6-7-19(12-26(18)41(2,39)40)29(38)34-16-21-13-25-20(15-33-21)8-9-24(35-25)23-4-3-5-28(36-23)37-11-10-32-17-22(37)14-27(30)31/h3-9,12-13,15,22,27,32H,10-11,14,16-17H2,1-2H3,(H,34,38). The topological polar surface area (TPSA) is 117 Å². The normalized spacial score (nSPS) is 15.8. The van der Waals surface area contributed by atoms with E-state index in [1.165, 1.54) is 6.07 Å². The van der Waals surface area contributed by atoms with E-state index >= 15 is 0 Å². The van der Waals surface area contributed by atoms with E-state index in [0.717, 1.165) is 11.6 Å². The molecule has 1 aromatic carbocycles. The quantitative estimate of drug-likeness (QED) is 0.324. The maximum atomic E-state index is 13.2. The molecule has 12 heteroatoms. The monoisotopic (exact) mass is 580 g/mol. The summed E-state index contributed by atoms with van der Waals surface area (Å²) in [7, 11) is -3.47. The third kappa shape index (κ3) is 6.66. The average Bonchev–Trinajstić information content (AvgIpc) is 2.95. The molecule has 41 heavy (non-hydrogen) atoms. The molecule has 1 unspecified atom stereocenters. The number of carbonyl (C=O) groups is 1. The van der Waals surface area contributed by atoms with Crippen molar-refractivity contribution in [1.82, 2.24) is 25.6 Å². The summed E-state index contributed by atoms with van der Waals surface area (Å²) >= 11 is 0. The fourth-order valence-corrected chi connectivity index (χ4v) is 5.91. The van der Waals surface area contributed by atoms with Crippen molar-refractivity contribution in [3.8, 4) is 11.4 Å². The van der Waals surface area contributed by atoms with Crippen molar-refractivity contribution in [1.29, 1.82) is 0 Å². The zero-order valence-corrected chi connectivity index (χ0v) is 23.5. The van der Waals surface area contributed by atoms with E-state index in [9.17, 15) is 22.0 Å². The van der Waals surface area contributed by atoms with Gasteiger partial charge in [-0.1, -0.05) is 12.1 Å². The number of hydrogen-bond donors (Lipinski definition) is 2. The first kappa shape index (κ1) is 28.5. The van der Waals surface area contributed by atoms with Crippen molar-refractivity contribution in [2.24, 2.45) is 0 Å². The molecule has 9 nitrogen and oxygen atoms in total. The molecule has 3 aromatic heterocycles. The van der Waals surface area contributed by atoms with E-state index < -0.39 is 22.2 Å². The molecule has 4 heterocycles. The maximum absolute atomic E-state index is 13.2. The predicted octanol–water partition coefficient (Wildman–Crippen LogP) is 3.77. The third-order valence-electron chi connectivity index (χ3n) is 7.00. The van der Waals surface area contributed by atoms with Gasteiger partial charge in [-0.2, -0.15) is 0 Å². The van der Waals surface area contributed by atoms with Crippen LogP contribution in [0.5, 0.6) is 0 Å². The lowest BCUT2D eigenvalue weighted by Gasteiger charge is -2.37. The van der Waals surface area contributed by atoms with Crippen molar-refractivity contribution < 1.29 is 22.0 Å². The molecular formula is C29H30F2N6O3S. The minimum absolute atomic E-state index is 0.116. The van der Waals surface area contributed by atoms with Crippen LogP contribution in [0.2, 0.25) is 0 Å². The molecule has 0 spiro atoms. The van der Waals surface area contributed by atoms with Gasteiger partial charge >= 0.3 is 0 Å². The molecule has 1 aliphatic heterocycles. The molecule has 5 rings (SSSR count). The molecule has 1 aliphatic rings. The van der Waals surface area contributed by atoms with Crippen molar-refractivity contribution in [3.63, 3.8) is 0 Å². The van der Waals surface area contributed by atoms with Gasteiger partial charge in [0, 0.05) is 55.5 Å². The third-order valence-corrected chi connectivity index (χ3v) is 8.24. The highest BCUT2D eigenvalue weighted by molar-refractivity contribution is 7.90. The first-order chi connectivity index (χ1) is 19.6. The SMILES string of the molecule is Cc1ccc(C(=O)NCc2cc3nc(-c4cccc(N5CCNCC5CC(F)F)n4)ccc3cn2)cc1S(C)(=O)=O. The van der Waals surface area contributed by atoms with Crippen LogP contribution in [0.1, 0.15) is 28.0 Å². The molecule has 1 atom stereocenters. The average molecular weight is 581 g/mol. The minimum Gasteiger partial charge on any atom is -0.351 e. The number of anilines is 1. The Labute approximate surface area is 237 Å². The number of carbonyl (C=O) groups excluding carboxylic acids is 1. The lowest BCUT2D eigenvalue weighted by atomic mass is 10.1. The van der Waals surface area contributed by atoms with Gasteiger partial charge in [0.15, 0.2) is 9.84 Å². The molecule has 4 aromatic rings. The van der Waals surface area contributed by atoms with E-state index in [2.05, 4.69) is 15.6 Å². The fourth-order valence-electron chi connectivity index (χ4n) is 4.92. The van der Waals surface area contributed by atoms with E-state index in [1.807, 2.05) is 35.2 Å². The van der Waals surface area contributed by atoms with Gasteiger partial charge in [-0.05, 0) is 55.0 Å². The van der Waals surface area contributed by atoms with Crippen molar-refractivity contribution >= 4 is 32.5 Å². The number of nitrogens with one attached hydrogen (secondary N) is 2. The van der Waals surface area contributed by atoms with E-state index in [0.29, 0.717) is 53.6 Å². The predicted molar refractivity (Wildman–Crippen MR) is 153 cm³/mol. The Morgan fingerprint density at radius 2 is 1.93 bits per heavy atom. The molecule has 0 saturated carbocycles.